The summed E-state index contributed by atoms with van der Waals surface area (Å²) in [6.45, 7) is 0.333. The summed E-state index contributed by atoms with van der Waals surface area (Å²) >= 11 is 0. The highest BCUT2D eigenvalue weighted by Crippen LogP contribution is 2.27. The van der Waals surface area contributed by atoms with Crippen LogP contribution in [0.3, 0.4) is 0 Å². The lowest BCUT2D eigenvalue weighted by atomic mass is 10.1. The van der Waals surface area contributed by atoms with Crippen molar-refractivity contribution < 1.29 is 14.3 Å². The number of amides is 1. The minimum absolute atomic E-state index is 0.0988. The molecule has 2 aromatic heterocycles. The summed E-state index contributed by atoms with van der Waals surface area (Å²) in [5, 5.41) is 17.5. The first-order valence-electron chi connectivity index (χ1n) is 8.37. The third-order valence-corrected chi connectivity index (χ3v) is 4.38. The number of aromatic hydroxyl groups is 1. The van der Waals surface area contributed by atoms with Gasteiger partial charge in [0.25, 0.3) is 5.91 Å². The number of phenolic OH excluding ortho intramolecular Hbond substituents is 1. The third kappa shape index (κ3) is 3.27. The second-order valence-electron chi connectivity index (χ2n) is 6.37. The number of aromatic nitrogens is 3. The number of carbonyl (C=O) groups is 1. The Morgan fingerprint density at radius 2 is 2.00 bits per heavy atom. The fourth-order valence-electron chi connectivity index (χ4n) is 3.04. The first kappa shape index (κ1) is 16.8. The van der Waals surface area contributed by atoms with Crippen LogP contribution in [0, 0.1) is 5.82 Å². The lowest BCUT2D eigenvalue weighted by Gasteiger charge is -2.14. The summed E-state index contributed by atoms with van der Waals surface area (Å²) < 4.78 is 13.3. The first-order valence-corrected chi connectivity index (χ1v) is 8.37. The number of rotatable bonds is 4. The maximum atomic E-state index is 13.3. The van der Waals surface area contributed by atoms with Gasteiger partial charge in [-0.1, -0.05) is 12.1 Å². The summed E-state index contributed by atoms with van der Waals surface area (Å²) in [4.78, 5) is 17.4. The number of aromatic amines is 2. The van der Waals surface area contributed by atoms with Crippen LogP contribution >= 0.6 is 0 Å². The summed E-state index contributed by atoms with van der Waals surface area (Å²) in [6, 6.07) is 14.7. The van der Waals surface area contributed by atoms with Gasteiger partial charge in [-0.2, -0.15) is 5.10 Å². The number of carbonyl (C=O) groups excluding carboxylic acids is 1. The molecule has 2 heterocycles. The van der Waals surface area contributed by atoms with Crippen molar-refractivity contribution in [2.75, 3.05) is 7.05 Å². The van der Waals surface area contributed by atoms with E-state index in [1.807, 2.05) is 6.07 Å². The molecule has 0 spiro atoms. The largest absolute Gasteiger partial charge is 0.507 e. The molecule has 3 N–H and O–H groups in total. The molecule has 27 heavy (non-hydrogen) atoms. The lowest BCUT2D eigenvalue weighted by Crippen LogP contribution is -2.26. The molecule has 0 aliphatic heterocycles. The maximum absolute atomic E-state index is 13.3. The van der Waals surface area contributed by atoms with E-state index in [9.17, 15) is 14.3 Å². The molecule has 0 atom stereocenters. The van der Waals surface area contributed by atoms with Gasteiger partial charge in [0.2, 0.25) is 0 Å². The van der Waals surface area contributed by atoms with Crippen LogP contribution in [0.2, 0.25) is 0 Å². The van der Waals surface area contributed by atoms with Gasteiger partial charge in [0, 0.05) is 29.2 Å². The van der Waals surface area contributed by atoms with Gasteiger partial charge in [-0.05, 0) is 42.5 Å². The Labute approximate surface area is 154 Å². The number of hydrogen-bond acceptors (Lipinski definition) is 3. The van der Waals surface area contributed by atoms with Crippen molar-refractivity contribution in [3.63, 3.8) is 0 Å². The van der Waals surface area contributed by atoms with E-state index in [2.05, 4.69) is 15.2 Å². The Morgan fingerprint density at radius 3 is 2.81 bits per heavy atom. The monoisotopic (exact) mass is 364 g/mol. The van der Waals surface area contributed by atoms with Gasteiger partial charge in [0.05, 0.1) is 12.2 Å². The fourth-order valence-corrected chi connectivity index (χ4v) is 3.04. The average Bonchev–Trinajstić information content (AvgIpc) is 3.27. The van der Waals surface area contributed by atoms with E-state index in [4.69, 9.17) is 0 Å². The average molecular weight is 364 g/mol. The smallest absolute Gasteiger partial charge is 0.271 e. The van der Waals surface area contributed by atoms with Crippen molar-refractivity contribution in [2.45, 2.75) is 6.54 Å². The van der Waals surface area contributed by atoms with Crippen LogP contribution in [0.5, 0.6) is 5.75 Å². The molecule has 0 aliphatic carbocycles. The number of phenols is 1. The molecule has 0 saturated heterocycles. The number of hydrogen-bond donors (Lipinski definition) is 3. The summed E-state index contributed by atoms with van der Waals surface area (Å²) in [7, 11) is 1.68. The molecule has 0 fully saturated rings. The molecule has 4 aromatic rings. The van der Waals surface area contributed by atoms with E-state index in [1.165, 1.54) is 17.0 Å². The van der Waals surface area contributed by atoms with Gasteiger partial charge < -0.3 is 15.0 Å². The quantitative estimate of drug-likeness (QED) is 0.516. The Balaban J connectivity index is 1.53. The molecule has 136 valence electrons. The van der Waals surface area contributed by atoms with E-state index >= 15 is 0 Å². The summed E-state index contributed by atoms with van der Waals surface area (Å²) in [5.74, 6) is -0.442. The Hall–Kier alpha value is -3.61. The standard InChI is InChI=1S/C20H17FN4O2/c1-25(11-14-9-12-8-13(21)6-7-16(12)22-14)20(27)18-10-17(23-24-18)15-4-2-3-5-19(15)26/h2-10,22,26H,11H2,1H3,(H,23,24). The zero-order chi connectivity index (χ0) is 19.0. The van der Waals surface area contributed by atoms with Gasteiger partial charge in [0.15, 0.2) is 0 Å². The third-order valence-electron chi connectivity index (χ3n) is 4.38. The van der Waals surface area contributed by atoms with Crippen LogP contribution in [0.25, 0.3) is 22.2 Å². The zero-order valence-electron chi connectivity index (χ0n) is 14.5. The van der Waals surface area contributed by atoms with Crippen molar-refractivity contribution in [3.8, 4) is 17.0 Å². The highest BCUT2D eigenvalue weighted by molar-refractivity contribution is 5.93. The molecule has 1 amide bonds. The Morgan fingerprint density at radius 1 is 1.19 bits per heavy atom. The summed E-state index contributed by atoms with van der Waals surface area (Å²) in [5.41, 5.74) is 2.97. The maximum Gasteiger partial charge on any atom is 0.271 e. The number of fused-ring (bicyclic) bond motifs is 1. The number of nitrogens with zero attached hydrogens (tertiary/aromatic N) is 2. The fraction of sp³-hybridized carbons (Fsp3) is 0.100. The molecule has 2 aromatic carbocycles. The van der Waals surface area contributed by atoms with Crippen molar-refractivity contribution in [2.24, 2.45) is 0 Å². The normalized spacial score (nSPS) is 11.0. The zero-order valence-corrected chi connectivity index (χ0v) is 14.5. The van der Waals surface area contributed by atoms with Gasteiger partial charge in [-0.15, -0.1) is 0 Å². The molecular formula is C20H17FN4O2. The first-order chi connectivity index (χ1) is 13.0. The molecule has 0 radical (unpaired) electrons. The van der Waals surface area contributed by atoms with E-state index in [-0.39, 0.29) is 17.5 Å². The van der Waals surface area contributed by atoms with Gasteiger partial charge in [-0.25, -0.2) is 4.39 Å². The number of para-hydroxylation sites is 1. The molecule has 4 rings (SSSR count). The van der Waals surface area contributed by atoms with Crippen LogP contribution in [0.15, 0.2) is 54.6 Å². The predicted molar refractivity (Wildman–Crippen MR) is 99.7 cm³/mol. The van der Waals surface area contributed by atoms with Crippen molar-refractivity contribution in [1.29, 1.82) is 0 Å². The van der Waals surface area contributed by atoms with Gasteiger partial charge in [-0.3, -0.25) is 9.89 Å². The van der Waals surface area contributed by atoms with Crippen molar-refractivity contribution in [3.05, 3.63) is 71.8 Å². The Kier molecular flexibility index (Phi) is 4.12. The van der Waals surface area contributed by atoms with Crippen LogP contribution in [0.4, 0.5) is 4.39 Å². The van der Waals surface area contributed by atoms with Crippen LogP contribution in [0.1, 0.15) is 16.2 Å². The highest BCUT2D eigenvalue weighted by Gasteiger charge is 2.17. The molecule has 7 heteroatoms. The van der Waals surface area contributed by atoms with Crippen LogP contribution in [-0.2, 0) is 6.54 Å². The topological polar surface area (TPSA) is 85.0 Å². The van der Waals surface area contributed by atoms with Crippen molar-refractivity contribution in [1.82, 2.24) is 20.1 Å². The number of nitrogens with one attached hydrogen (secondary N) is 2. The molecule has 0 unspecified atom stereocenters. The Bertz CT molecular complexity index is 1130. The van der Waals surface area contributed by atoms with Crippen LogP contribution < -0.4 is 0 Å². The van der Waals surface area contributed by atoms with E-state index in [1.54, 1.807) is 43.4 Å². The van der Waals surface area contributed by atoms with E-state index in [0.29, 0.717) is 23.5 Å². The van der Waals surface area contributed by atoms with Gasteiger partial charge >= 0.3 is 0 Å². The molecule has 0 saturated carbocycles. The molecule has 0 aliphatic rings. The van der Waals surface area contributed by atoms with Gasteiger partial charge in [0.1, 0.15) is 17.3 Å². The van der Waals surface area contributed by atoms with E-state index < -0.39 is 0 Å². The minimum atomic E-state index is -0.299. The number of benzene rings is 2. The highest BCUT2D eigenvalue weighted by atomic mass is 19.1. The second-order valence-corrected chi connectivity index (χ2v) is 6.37. The lowest BCUT2D eigenvalue weighted by molar-refractivity contribution is 0.0778. The second kappa shape index (κ2) is 6.60. The number of halogens is 1. The van der Waals surface area contributed by atoms with Crippen LogP contribution in [-0.4, -0.2) is 38.1 Å². The molecular weight excluding hydrogens is 347 g/mol. The predicted octanol–water partition coefficient (Wildman–Crippen LogP) is 3.67. The molecule has 0 bridgehead atoms. The summed E-state index contributed by atoms with van der Waals surface area (Å²) in [6.07, 6.45) is 0. The number of H-pyrrole nitrogens is 2. The van der Waals surface area contributed by atoms with Crippen molar-refractivity contribution >= 4 is 16.8 Å². The molecule has 6 nitrogen and oxygen atoms in total. The van der Waals surface area contributed by atoms with E-state index in [0.717, 1.165) is 16.6 Å². The SMILES string of the molecule is CN(Cc1cc2cc(F)ccc2[nH]1)C(=O)c1cc(-c2ccccc2O)n[nH]1. The minimum Gasteiger partial charge on any atom is -0.507 e.